The fourth-order valence-corrected chi connectivity index (χ4v) is 1.70. The zero-order chi connectivity index (χ0) is 14.8. The maximum absolute atomic E-state index is 12.0. The third-order valence-electron chi connectivity index (χ3n) is 2.57. The number of halogens is 3. The molecule has 0 unspecified atom stereocenters. The van der Waals surface area contributed by atoms with Gasteiger partial charge in [-0.15, -0.1) is 13.2 Å². The molecule has 0 aromatic heterocycles. The number of carbonyl (C=O) groups excluding carboxylic acids is 1. The van der Waals surface area contributed by atoms with Gasteiger partial charge in [0.25, 0.3) is 0 Å². The summed E-state index contributed by atoms with van der Waals surface area (Å²) in [4.78, 5) is 11.1. The largest absolute Gasteiger partial charge is 0.573 e. The fraction of sp³-hybridized carbons (Fsp3) is 0.0714. The van der Waals surface area contributed by atoms with Gasteiger partial charge in [0, 0.05) is 5.56 Å². The zero-order valence-electron chi connectivity index (χ0n) is 10.1. The Morgan fingerprint density at radius 3 is 2.20 bits per heavy atom. The number of hydrogen-bond donors (Lipinski definition) is 1. The first-order valence-electron chi connectivity index (χ1n) is 5.61. The molecule has 2 aromatic rings. The molecule has 2 aromatic carbocycles. The van der Waals surface area contributed by atoms with Crippen molar-refractivity contribution in [2.45, 2.75) is 6.36 Å². The van der Waals surface area contributed by atoms with Gasteiger partial charge in [-0.05, 0) is 35.4 Å². The summed E-state index contributed by atoms with van der Waals surface area (Å²) in [5, 5.41) is 0. The summed E-state index contributed by atoms with van der Waals surface area (Å²) in [6, 6.07) is 11.9. The number of ether oxygens (including phenoxy) is 1. The van der Waals surface area contributed by atoms with Gasteiger partial charge in [0.1, 0.15) is 5.75 Å². The Labute approximate surface area is 112 Å². The van der Waals surface area contributed by atoms with E-state index in [9.17, 15) is 18.0 Å². The van der Waals surface area contributed by atoms with Crippen LogP contribution in [0.15, 0.2) is 48.5 Å². The van der Waals surface area contributed by atoms with Crippen molar-refractivity contribution >= 4 is 5.91 Å². The second-order valence-electron chi connectivity index (χ2n) is 4.02. The summed E-state index contributed by atoms with van der Waals surface area (Å²) < 4.78 is 39.9. The van der Waals surface area contributed by atoms with Crippen molar-refractivity contribution in [3.63, 3.8) is 0 Å². The molecule has 0 atom stereocenters. The van der Waals surface area contributed by atoms with E-state index in [2.05, 4.69) is 4.74 Å². The molecule has 0 saturated carbocycles. The number of amides is 1. The van der Waals surface area contributed by atoms with E-state index in [1.54, 1.807) is 24.3 Å². The van der Waals surface area contributed by atoms with Crippen molar-refractivity contribution in [1.82, 2.24) is 0 Å². The first-order valence-corrected chi connectivity index (χ1v) is 5.61. The molecule has 0 aliphatic heterocycles. The lowest BCUT2D eigenvalue weighted by Gasteiger charge is -2.09. The van der Waals surface area contributed by atoms with Gasteiger partial charge in [-0.1, -0.05) is 24.3 Å². The summed E-state index contributed by atoms with van der Waals surface area (Å²) >= 11 is 0. The molecule has 3 nitrogen and oxygen atoms in total. The second kappa shape index (κ2) is 5.24. The van der Waals surface area contributed by atoms with Gasteiger partial charge < -0.3 is 10.5 Å². The number of primary amides is 1. The van der Waals surface area contributed by atoms with E-state index in [1.807, 2.05) is 0 Å². The molecule has 0 radical (unpaired) electrons. The van der Waals surface area contributed by atoms with Crippen LogP contribution in [0.4, 0.5) is 13.2 Å². The summed E-state index contributed by atoms with van der Waals surface area (Å²) in [6.07, 6.45) is -4.71. The first-order chi connectivity index (χ1) is 9.35. The predicted molar refractivity (Wildman–Crippen MR) is 67.1 cm³/mol. The zero-order valence-corrected chi connectivity index (χ0v) is 10.1. The van der Waals surface area contributed by atoms with Crippen LogP contribution in [0.1, 0.15) is 10.4 Å². The molecule has 0 fully saturated rings. The molecule has 0 aliphatic carbocycles. The topological polar surface area (TPSA) is 52.3 Å². The Hall–Kier alpha value is -2.50. The maximum atomic E-state index is 12.0. The molecule has 0 aliphatic rings. The molecule has 0 heterocycles. The minimum atomic E-state index is -4.71. The van der Waals surface area contributed by atoms with Crippen molar-refractivity contribution in [3.8, 4) is 16.9 Å². The lowest BCUT2D eigenvalue weighted by atomic mass is 10.0. The predicted octanol–water partition coefficient (Wildman–Crippen LogP) is 3.35. The van der Waals surface area contributed by atoms with E-state index in [0.29, 0.717) is 16.7 Å². The van der Waals surface area contributed by atoms with Crippen LogP contribution in [-0.2, 0) is 0 Å². The molecule has 6 heteroatoms. The SMILES string of the molecule is NC(=O)c1cccc(-c2ccc(OC(F)(F)F)cc2)c1. The molecular formula is C14H10F3NO2. The highest BCUT2D eigenvalue weighted by molar-refractivity contribution is 5.94. The van der Waals surface area contributed by atoms with Crippen LogP contribution in [0.2, 0.25) is 0 Å². The second-order valence-corrected chi connectivity index (χ2v) is 4.02. The van der Waals surface area contributed by atoms with Crippen molar-refractivity contribution < 1.29 is 22.7 Å². The number of nitrogens with two attached hydrogens (primary N) is 1. The van der Waals surface area contributed by atoms with Crippen molar-refractivity contribution in [1.29, 1.82) is 0 Å². The van der Waals surface area contributed by atoms with E-state index >= 15 is 0 Å². The van der Waals surface area contributed by atoms with Gasteiger partial charge in [0.15, 0.2) is 0 Å². The van der Waals surface area contributed by atoms with Crippen LogP contribution in [0.5, 0.6) is 5.75 Å². The van der Waals surface area contributed by atoms with Crippen LogP contribution in [0.3, 0.4) is 0 Å². The van der Waals surface area contributed by atoms with Gasteiger partial charge >= 0.3 is 6.36 Å². The normalized spacial score (nSPS) is 11.2. The number of benzene rings is 2. The van der Waals surface area contributed by atoms with Crippen molar-refractivity contribution in [2.75, 3.05) is 0 Å². The molecule has 2 N–H and O–H groups in total. The standard InChI is InChI=1S/C14H10F3NO2/c15-14(16,17)20-12-6-4-9(5-7-12)10-2-1-3-11(8-10)13(18)19/h1-8H,(H2,18,19). The Balaban J connectivity index is 2.26. The monoisotopic (exact) mass is 281 g/mol. The minimum Gasteiger partial charge on any atom is -0.406 e. The maximum Gasteiger partial charge on any atom is 0.573 e. The highest BCUT2D eigenvalue weighted by atomic mass is 19.4. The van der Waals surface area contributed by atoms with Crippen LogP contribution >= 0.6 is 0 Å². The number of alkyl halides is 3. The van der Waals surface area contributed by atoms with Crippen LogP contribution < -0.4 is 10.5 Å². The smallest absolute Gasteiger partial charge is 0.406 e. The van der Waals surface area contributed by atoms with Gasteiger partial charge in [-0.3, -0.25) is 4.79 Å². The Morgan fingerprint density at radius 2 is 1.65 bits per heavy atom. The van der Waals surface area contributed by atoms with E-state index in [4.69, 9.17) is 5.73 Å². The lowest BCUT2D eigenvalue weighted by molar-refractivity contribution is -0.274. The van der Waals surface area contributed by atoms with Gasteiger partial charge in [0.05, 0.1) is 0 Å². The van der Waals surface area contributed by atoms with E-state index in [1.165, 1.54) is 24.3 Å². The molecule has 104 valence electrons. The molecule has 0 spiro atoms. The third-order valence-corrected chi connectivity index (χ3v) is 2.57. The first kappa shape index (κ1) is 13.9. The Morgan fingerprint density at radius 1 is 1.00 bits per heavy atom. The molecule has 0 saturated heterocycles. The van der Waals surface area contributed by atoms with Crippen LogP contribution in [0, 0.1) is 0 Å². The molecular weight excluding hydrogens is 271 g/mol. The Kier molecular flexibility index (Phi) is 3.65. The number of rotatable bonds is 3. The highest BCUT2D eigenvalue weighted by Crippen LogP contribution is 2.26. The number of carbonyl (C=O) groups is 1. The summed E-state index contributed by atoms with van der Waals surface area (Å²) in [7, 11) is 0. The lowest BCUT2D eigenvalue weighted by Crippen LogP contribution is -2.16. The third kappa shape index (κ3) is 3.50. The minimum absolute atomic E-state index is 0.299. The summed E-state index contributed by atoms with van der Waals surface area (Å²) in [6.45, 7) is 0. The van der Waals surface area contributed by atoms with Gasteiger partial charge in [-0.25, -0.2) is 0 Å². The molecule has 1 amide bonds. The average molecular weight is 281 g/mol. The van der Waals surface area contributed by atoms with Crippen molar-refractivity contribution in [3.05, 3.63) is 54.1 Å². The van der Waals surface area contributed by atoms with Gasteiger partial charge in [0.2, 0.25) is 5.91 Å². The Bertz CT molecular complexity index is 621. The fourth-order valence-electron chi connectivity index (χ4n) is 1.70. The molecule has 20 heavy (non-hydrogen) atoms. The highest BCUT2D eigenvalue weighted by Gasteiger charge is 2.30. The molecule has 0 bridgehead atoms. The van der Waals surface area contributed by atoms with E-state index in [0.717, 1.165) is 0 Å². The number of hydrogen-bond acceptors (Lipinski definition) is 2. The summed E-state index contributed by atoms with van der Waals surface area (Å²) in [5.74, 6) is -0.865. The van der Waals surface area contributed by atoms with Crippen molar-refractivity contribution in [2.24, 2.45) is 5.73 Å². The quantitative estimate of drug-likeness (QED) is 0.938. The van der Waals surface area contributed by atoms with E-state index in [-0.39, 0.29) is 5.75 Å². The van der Waals surface area contributed by atoms with Crippen LogP contribution in [-0.4, -0.2) is 12.3 Å². The average Bonchev–Trinajstić information content (AvgIpc) is 2.38. The van der Waals surface area contributed by atoms with Gasteiger partial charge in [-0.2, -0.15) is 0 Å². The molecule has 2 rings (SSSR count). The van der Waals surface area contributed by atoms with Crippen LogP contribution in [0.25, 0.3) is 11.1 Å². The summed E-state index contributed by atoms with van der Waals surface area (Å²) in [5.41, 5.74) is 6.84. The van der Waals surface area contributed by atoms with E-state index < -0.39 is 12.3 Å².